The average Bonchev–Trinajstić information content (AvgIpc) is 3.59. The first-order chi connectivity index (χ1) is 14.1. The molecule has 0 unspecified atom stereocenters. The fourth-order valence-corrected chi connectivity index (χ4v) is 32.1. The molecule has 8 aliphatic carbocycles. The first kappa shape index (κ1) is 18.1. The van der Waals surface area contributed by atoms with Crippen molar-refractivity contribution in [2.45, 2.75) is 145 Å². The van der Waals surface area contributed by atoms with Crippen LogP contribution >= 0.6 is 0 Å². The Bertz CT molecular complexity index is 577. The molecule has 0 aromatic rings. The van der Waals surface area contributed by atoms with Crippen LogP contribution in [-0.4, -0.2) is 0 Å². The summed E-state index contributed by atoms with van der Waals surface area (Å²) >= 11 is -2.04. The Hall–Kier alpha value is 0.584. The van der Waals surface area contributed by atoms with Crippen molar-refractivity contribution in [3.8, 4) is 0 Å². The molecular formula is C28H44V. The van der Waals surface area contributed by atoms with E-state index in [-0.39, 0.29) is 0 Å². The standard InChI is InChI=1S/4C7H11.V/c4*1-2-7-4-3-6(1)5-7;/h4*6H,1-5H2;. The summed E-state index contributed by atoms with van der Waals surface area (Å²) in [5.41, 5.74) is 0. The SMILES string of the molecule is C1C[C]2([V]([C]34CCC(CC3)C4)([C]34CCC(CC3)C4)[C]34CCC(CC3)C4)CCC1C2. The van der Waals surface area contributed by atoms with Gasteiger partial charge in [-0.25, -0.2) is 0 Å². The van der Waals surface area contributed by atoms with Crippen LogP contribution in [0, 0.1) is 23.7 Å². The van der Waals surface area contributed by atoms with E-state index in [1.54, 1.807) is 128 Å². The summed E-state index contributed by atoms with van der Waals surface area (Å²) in [5.74, 6) is 4.71. The fourth-order valence-electron chi connectivity index (χ4n) is 13.6. The first-order valence-electron chi connectivity index (χ1n) is 14.0. The third kappa shape index (κ3) is 1.85. The molecule has 161 valence electrons. The molecule has 8 fully saturated rings. The minimum absolute atomic E-state index is 0.959. The van der Waals surface area contributed by atoms with Gasteiger partial charge in [0.15, 0.2) is 0 Å². The zero-order chi connectivity index (χ0) is 19.0. The van der Waals surface area contributed by atoms with E-state index in [9.17, 15) is 0 Å². The Labute approximate surface area is 182 Å². The van der Waals surface area contributed by atoms with Crippen LogP contribution in [0.15, 0.2) is 0 Å². The van der Waals surface area contributed by atoms with Crippen LogP contribution in [0.4, 0.5) is 0 Å². The molecule has 0 atom stereocenters. The van der Waals surface area contributed by atoms with Crippen LogP contribution in [0.5, 0.6) is 0 Å². The fraction of sp³-hybridized carbons (Fsp3) is 1.00. The Morgan fingerprint density at radius 3 is 0.690 bits per heavy atom. The predicted molar refractivity (Wildman–Crippen MR) is 117 cm³/mol. The zero-order valence-electron chi connectivity index (χ0n) is 18.9. The van der Waals surface area contributed by atoms with Crippen molar-refractivity contribution in [1.82, 2.24) is 0 Å². The van der Waals surface area contributed by atoms with Crippen molar-refractivity contribution in [1.29, 1.82) is 0 Å². The zero-order valence-corrected chi connectivity index (χ0v) is 20.3. The normalized spacial score (nSPS) is 61.2. The Morgan fingerprint density at radius 2 is 0.552 bits per heavy atom. The molecule has 0 spiro atoms. The van der Waals surface area contributed by atoms with Crippen molar-refractivity contribution in [2.75, 3.05) is 0 Å². The predicted octanol–water partition coefficient (Wildman–Crippen LogP) is 9.15. The van der Waals surface area contributed by atoms with Crippen molar-refractivity contribution < 1.29 is 14.0 Å². The van der Waals surface area contributed by atoms with E-state index >= 15 is 0 Å². The summed E-state index contributed by atoms with van der Waals surface area (Å²) in [7, 11) is 0. The quantitative estimate of drug-likeness (QED) is 0.416. The Kier molecular flexibility index (Phi) is 3.46. The summed E-state index contributed by atoms with van der Waals surface area (Å²) in [6.45, 7) is 0. The van der Waals surface area contributed by atoms with Gasteiger partial charge in [-0.05, 0) is 0 Å². The van der Waals surface area contributed by atoms with Gasteiger partial charge in [0, 0.05) is 0 Å². The van der Waals surface area contributed by atoms with Gasteiger partial charge in [-0.3, -0.25) is 0 Å². The van der Waals surface area contributed by atoms with Crippen LogP contribution < -0.4 is 0 Å². The van der Waals surface area contributed by atoms with Crippen LogP contribution in [0.25, 0.3) is 0 Å². The van der Waals surface area contributed by atoms with Crippen molar-refractivity contribution in [2.24, 2.45) is 23.7 Å². The molecule has 0 aliphatic heterocycles. The van der Waals surface area contributed by atoms with Crippen molar-refractivity contribution in [3.63, 3.8) is 0 Å². The van der Waals surface area contributed by atoms with Crippen LogP contribution in [0.2, 0.25) is 16.5 Å². The van der Waals surface area contributed by atoms with Crippen LogP contribution in [0.1, 0.15) is 128 Å². The van der Waals surface area contributed by atoms with Gasteiger partial charge in [0.2, 0.25) is 0 Å². The second-order valence-corrected chi connectivity index (χ2v) is 22.2. The van der Waals surface area contributed by atoms with E-state index in [2.05, 4.69) is 0 Å². The van der Waals surface area contributed by atoms with Gasteiger partial charge in [-0.15, -0.1) is 0 Å². The van der Waals surface area contributed by atoms with E-state index in [1.807, 2.05) is 0 Å². The number of hydrogen-bond acceptors (Lipinski definition) is 0. The van der Waals surface area contributed by atoms with Gasteiger partial charge in [-0.2, -0.15) is 0 Å². The van der Waals surface area contributed by atoms with Crippen LogP contribution in [0.3, 0.4) is 0 Å². The Balaban J connectivity index is 1.44. The monoisotopic (exact) mass is 431 g/mol. The second-order valence-electron chi connectivity index (χ2n) is 14.2. The summed E-state index contributed by atoms with van der Waals surface area (Å²) in [6.07, 6.45) is 34.4. The number of fused-ring (bicyclic) bond motifs is 8. The van der Waals surface area contributed by atoms with E-state index in [1.165, 1.54) is 23.7 Å². The summed E-state index contributed by atoms with van der Waals surface area (Å²) in [5, 5.41) is 0. The molecule has 8 aliphatic rings. The maximum atomic E-state index is 1.77. The van der Waals surface area contributed by atoms with Crippen molar-refractivity contribution in [3.05, 3.63) is 0 Å². The summed E-state index contributed by atoms with van der Waals surface area (Å²) in [4.78, 5) is 0. The van der Waals surface area contributed by atoms with E-state index in [0.29, 0.717) is 0 Å². The van der Waals surface area contributed by atoms with Crippen LogP contribution in [-0.2, 0) is 14.0 Å². The molecule has 0 saturated heterocycles. The average molecular weight is 432 g/mol. The van der Waals surface area contributed by atoms with Gasteiger partial charge in [0.05, 0.1) is 0 Å². The van der Waals surface area contributed by atoms with Gasteiger partial charge in [0.25, 0.3) is 0 Å². The van der Waals surface area contributed by atoms with Gasteiger partial charge < -0.3 is 0 Å². The third-order valence-corrected chi connectivity index (χ3v) is 26.5. The molecule has 8 saturated carbocycles. The molecule has 8 rings (SSSR count). The number of hydrogen-bond donors (Lipinski definition) is 0. The number of rotatable bonds is 4. The van der Waals surface area contributed by atoms with E-state index in [4.69, 9.17) is 0 Å². The molecule has 0 heterocycles. The van der Waals surface area contributed by atoms with E-state index in [0.717, 1.165) is 16.5 Å². The molecule has 0 radical (unpaired) electrons. The molecule has 0 aromatic heterocycles. The molecular weight excluding hydrogens is 387 g/mol. The molecule has 0 nitrogen and oxygen atoms in total. The summed E-state index contributed by atoms with van der Waals surface area (Å²) in [6, 6.07) is 0. The molecule has 1 heteroatoms. The Morgan fingerprint density at radius 1 is 0.345 bits per heavy atom. The first-order valence-corrected chi connectivity index (χ1v) is 16.8. The van der Waals surface area contributed by atoms with Crippen molar-refractivity contribution >= 4 is 0 Å². The van der Waals surface area contributed by atoms with Gasteiger partial charge >= 0.3 is 183 Å². The maximum absolute atomic E-state index is 2.04. The third-order valence-electron chi connectivity index (χ3n) is 13.7. The minimum atomic E-state index is -2.04. The topological polar surface area (TPSA) is 0 Å². The van der Waals surface area contributed by atoms with E-state index < -0.39 is 14.0 Å². The molecule has 0 N–H and O–H groups in total. The second kappa shape index (κ2) is 5.55. The molecule has 29 heavy (non-hydrogen) atoms. The molecule has 0 amide bonds. The van der Waals surface area contributed by atoms with Gasteiger partial charge in [0.1, 0.15) is 0 Å². The molecule has 8 bridgehead atoms. The molecule has 0 aromatic carbocycles. The summed E-state index contributed by atoms with van der Waals surface area (Å²) < 4.78 is 3.84. The van der Waals surface area contributed by atoms with Gasteiger partial charge in [-0.1, -0.05) is 0 Å².